The Hall–Kier alpha value is -1.31. The average Bonchev–Trinajstić information content (AvgIpc) is 2.72. The fraction of sp³-hybridized carbons (Fsp3) is 0.800. The van der Waals surface area contributed by atoms with E-state index in [-0.39, 0.29) is 19.4 Å². The SMILES string of the molecule is CCN(CC(F)(F)F)C(=O)[C@@H]1CC[C@H](C(=O)O)O1. The molecule has 18 heavy (non-hydrogen) atoms. The largest absolute Gasteiger partial charge is 0.479 e. The maximum atomic E-state index is 12.2. The van der Waals surface area contributed by atoms with Gasteiger partial charge < -0.3 is 14.7 Å². The van der Waals surface area contributed by atoms with Gasteiger partial charge in [0.15, 0.2) is 6.10 Å². The van der Waals surface area contributed by atoms with Crippen molar-refractivity contribution in [1.82, 2.24) is 4.90 Å². The standard InChI is InChI=1S/C10H14F3NO4/c1-2-14(5-10(11,12)13)8(15)6-3-4-7(18-6)9(16)17/h6-7H,2-5H2,1H3,(H,16,17)/t6-,7+/m0/s1. The molecular formula is C10H14F3NO4. The van der Waals surface area contributed by atoms with Gasteiger partial charge in [0.2, 0.25) is 0 Å². The van der Waals surface area contributed by atoms with Crippen LogP contribution in [-0.4, -0.2) is 53.4 Å². The number of hydrogen-bond acceptors (Lipinski definition) is 3. The van der Waals surface area contributed by atoms with Gasteiger partial charge in [-0.25, -0.2) is 4.79 Å². The molecular weight excluding hydrogens is 255 g/mol. The van der Waals surface area contributed by atoms with E-state index in [0.717, 1.165) is 0 Å². The van der Waals surface area contributed by atoms with Gasteiger partial charge in [0.25, 0.3) is 5.91 Å². The average molecular weight is 269 g/mol. The molecule has 1 rings (SSSR count). The van der Waals surface area contributed by atoms with Crippen LogP contribution in [0.3, 0.4) is 0 Å². The quantitative estimate of drug-likeness (QED) is 0.827. The van der Waals surface area contributed by atoms with Crippen LogP contribution in [0.2, 0.25) is 0 Å². The van der Waals surface area contributed by atoms with Crippen LogP contribution in [0.25, 0.3) is 0 Å². The summed E-state index contributed by atoms with van der Waals surface area (Å²) in [5, 5.41) is 8.67. The lowest BCUT2D eigenvalue weighted by Gasteiger charge is -2.25. The van der Waals surface area contributed by atoms with E-state index in [1.54, 1.807) is 0 Å². The highest BCUT2D eigenvalue weighted by Gasteiger charge is 2.39. The molecule has 0 aromatic rings. The van der Waals surface area contributed by atoms with E-state index in [1.165, 1.54) is 6.92 Å². The van der Waals surface area contributed by atoms with E-state index < -0.39 is 36.8 Å². The monoisotopic (exact) mass is 269 g/mol. The van der Waals surface area contributed by atoms with Gasteiger partial charge >= 0.3 is 12.1 Å². The second kappa shape index (κ2) is 5.55. The number of alkyl halides is 3. The Morgan fingerprint density at radius 3 is 2.28 bits per heavy atom. The normalized spacial score (nSPS) is 24.0. The van der Waals surface area contributed by atoms with E-state index >= 15 is 0 Å². The molecule has 0 radical (unpaired) electrons. The maximum Gasteiger partial charge on any atom is 0.406 e. The van der Waals surface area contributed by atoms with Crippen molar-refractivity contribution >= 4 is 11.9 Å². The summed E-state index contributed by atoms with van der Waals surface area (Å²) in [4.78, 5) is 23.0. The van der Waals surface area contributed by atoms with Gasteiger partial charge in [0.1, 0.15) is 12.6 Å². The fourth-order valence-corrected chi connectivity index (χ4v) is 1.77. The number of likely N-dealkylation sites (N-methyl/N-ethyl adjacent to an activating group) is 1. The first kappa shape index (κ1) is 14.7. The molecule has 1 heterocycles. The van der Waals surface area contributed by atoms with Crippen molar-refractivity contribution in [2.24, 2.45) is 0 Å². The lowest BCUT2D eigenvalue weighted by Crippen LogP contribution is -2.44. The summed E-state index contributed by atoms with van der Waals surface area (Å²) < 4.78 is 41.6. The molecule has 1 N–H and O–H groups in total. The van der Waals surface area contributed by atoms with Gasteiger partial charge in [0.05, 0.1) is 0 Å². The van der Waals surface area contributed by atoms with Crippen LogP contribution in [0.1, 0.15) is 19.8 Å². The Morgan fingerprint density at radius 1 is 1.33 bits per heavy atom. The van der Waals surface area contributed by atoms with Gasteiger partial charge in [0, 0.05) is 6.54 Å². The Balaban J connectivity index is 2.60. The minimum Gasteiger partial charge on any atom is -0.479 e. The number of ether oxygens (including phenoxy) is 1. The number of hydrogen-bond donors (Lipinski definition) is 1. The number of aliphatic carboxylic acids is 1. The van der Waals surface area contributed by atoms with Crippen molar-refractivity contribution in [3.05, 3.63) is 0 Å². The van der Waals surface area contributed by atoms with Crippen LogP contribution in [0.5, 0.6) is 0 Å². The summed E-state index contributed by atoms with van der Waals surface area (Å²) in [5.74, 6) is -2.01. The molecule has 0 aliphatic carbocycles. The van der Waals surface area contributed by atoms with Gasteiger partial charge in [-0.3, -0.25) is 4.79 Å². The first-order valence-electron chi connectivity index (χ1n) is 5.48. The number of carboxylic acids is 1. The predicted octanol–water partition coefficient (Wildman–Crippen LogP) is 1.03. The van der Waals surface area contributed by atoms with Crippen LogP contribution >= 0.6 is 0 Å². The third-order valence-electron chi connectivity index (χ3n) is 2.63. The summed E-state index contributed by atoms with van der Waals surface area (Å²) in [5.41, 5.74) is 0. The van der Waals surface area contributed by atoms with Crippen LogP contribution in [0, 0.1) is 0 Å². The first-order valence-corrected chi connectivity index (χ1v) is 5.48. The van der Waals surface area contributed by atoms with Crippen molar-refractivity contribution in [3.63, 3.8) is 0 Å². The van der Waals surface area contributed by atoms with E-state index in [1.807, 2.05) is 0 Å². The summed E-state index contributed by atoms with van der Waals surface area (Å²) in [6, 6.07) is 0. The first-order chi connectivity index (χ1) is 8.24. The Kier molecular flexibility index (Phi) is 4.55. The molecule has 1 amide bonds. The van der Waals surface area contributed by atoms with Crippen molar-refractivity contribution in [2.75, 3.05) is 13.1 Å². The van der Waals surface area contributed by atoms with E-state index in [2.05, 4.69) is 0 Å². The zero-order chi connectivity index (χ0) is 13.9. The molecule has 104 valence electrons. The maximum absolute atomic E-state index is 12.2. The summed E-state index contributed by atoms with van der Waals surface area (Å²) in [7, 11) is 0. The van der Waals surface area contributed by atoms with Crippen molar-refractivity contribution in [3.8, 4) is 0 Å². The Morgan fingerprint density at radius 2 is 1.89 bits per heavy atom. The third kappa shape index (κ3) is 3.86. The van der Waals surface area contributed by atoms with Gasteiger partial charge in [-0.15, -0.1) is 0 Å². The zero-order valence-electron chi connectivity index (χ0n) is 9.74. The zero-order valence-corrected chi connectivity index (χ0v) is 9.74. The second-order valence-electron chi connectivity index (χ2n) is 4.00. The molecule has 0 unspecified atom stereocenters. The van der Waals surface area contributed by atoms with Crippen molar-refractivity contribution in [2.45, 2.75) is 38.1 Å². The molecule has 0 bridgehead atoms. The molecule has 1 aliphatic heterocycles. The number of halogens is 3. The molecule has 0 aromatic carbocycles. The van der Waals surface area contributed by atoms with Crippen molar-refractivity contribution < 1.29 is 32.6 Å². The Labute approximate surface area is 102 Å². The lowest BCUT2D eigenvalue weighted by atomic mass is 10.2. The number of carboxylic acid groups (broad SMARTS) is 1. The summed E-state index contributed by atoms with van der Waals surface area (Å²) in [6.07, 6.45) is -6.41. The van der Waals surface area contributed by atoms with Gasteiger partial charge in [-0.2, -0.15) is 13.2 Å². The molecule has 8 heteroatoms. The number of nitrogens with zero attached hydrogens (tertiary/aromatic N) is 1. The molecule has 5 nitrogen and oxygen atoms in total. The highest BCUT2D eigenvalue weighted by atomic mass is 19.4. The summed E-state index contributed by atoms with van der Waals surface area (Å²) in [6.45, 7) is -0.0247. The summed E-state index contributed by atoms with van der Waals surface area (Å²) >= 11 is 0. The van der Waals surface area contributed by atoms with Crippen molar-refractivity contribution in [1.29, 1.82) is 0 Å². The second-order valence-corrected chi connectivity index (χ2v) is 4.00. The minimum atomic E-state index is -4.48. The fourth-order valence-electron chi connectivity index (χ4n) is 1.77. The predicted molar refractivity (Wildman–Crippen MR) is 53.8 cm³/mol. The van der Waals surface area contributed by atoms with E-state index in [4.69, 9.17) is 9.84 Å². The molecule has 0 saturated carbocycles. The molecule has 1 saturated heterocycles. The van der Waals surface area contributed by atoms with E-state index in [0.29, 0.717) is 4.90 Å². The number of carbonyl (C=O) groups is 2. The van der Waals surface area contributed by atoms with E-state index in [9.17, 15) is 22.8 Å². The number of carbonyl (C=O) groups excluding carboxylic acids is 1. The smallest absolute Gasteiger partial charge is 0.406 e. The molecule has 1 fully saturated rings. The molecule has 1 aliphatic rings. The minimum absolute atomic E-state index is 0.101. The van der Waals surface area contributed by atoms with Gasteiger partial charge in [-0.1, -0.05) is 0 Å². The lowest BCUT2D eigenvalue weighted by molar-refractivity contribution is -0.169. The van der Waals surface area contributed by atoms with Crippen LogP contribution in [0.4, 0.5) is 13.2 Å². The van der Waals surface area contributed by atoms with Crippen LogP contribution < -0.4 is 0 Å². The topological polar surface area (TPSA) is 66.8 Å². The highest BCUT2D eigenvalue weighted by Crippen LogP contribution is 2.23. The highest BCUT2D eigenvalue weighted by molar-refractivity contribution is 5.82. The van der Waals surface area contributed by atoms with Gasteiger partial charge in [-0.05, 0) is 19.8 Å². The molecule has 0 spiro atoms. The number of rotatable bonds is 4. The third-order valence-corrected chi connectivity index (χ3v) is 2.63. The number of amides is 1. The molecule has 2 atom stereocenters. The van der Waals surface area contributed by atoms with Crippen LogP contribution in [0.15, 0.2) is 0 Å². The van der Waals surface area contributed by atoms with Crippen LogP contribution in [-0.2, 0) is 14.3 Å². The Bertz CT molecular complexity index is 332. The molecule has 0 aromatic heterocycles.